The van der Waals surface area contributed by atoms with Gasteiger partial charge in [0, 0.05) is 0 Å². The zero-order chi connectivity index (χ0) is 15.5. The molecule has 0 bridgehead atoms. The Morgan fingerprint density at radius 1 is 1.00 bits per heavy atom. The second-order valence-corrected chi connectivity index (χ2v) is 7.37. The Balaban J connectivity index is 1.98. The van der Waals surface area contributed by atoms with Crippen molar-refractivity contribution in [1.82, 2.24) is 0 Å². The summed E-state index contributed by atoms with van der Waals surface area (Å²) in [6.07, 6.45) is 13.8. The van der Waals surface area contributed by atoms with E-state index in [-0.39, 0.29) is 6.10 Å². The molecule has 0 aromatic carbocycles. The van der Waals surface area contributed by atoms with E-state index < -0.39 is 0 Å². The summed E-state index contributed by atoms with van der Waals surface area (Å²) in [6, 6.07) is 0. The maximum Gasteiger partial charge on any atom is 0.0897 e. The van der Waals surface area contributed by atoms with Crippen LogP contribution in [0.3, 0.4) is 0 Å². The fraction of sp³-hybridized carbons (Fsp3) is 0.778. The van der Waals surface area contributed by atoms with Gasteiger partial charge in [-0.25, -0.2) is 0 Å². The van der Waals surface area contributed by atoms with Crippen LogP contribution in [0.5, 0.6) is 0 Å². The first-order valence-corrected chi connectivity index (χ1v) is 9.84. The van der Waals surface area contributed by atoms with E-state index in [9.17, 15) is 5.11 Å². The number of thiophene rings is 1. The van der Waals surface area contributed by atoms with Gasteiger partial charge < -0.3 is 5.11 Å². The second-order valence-electron chi connectivity index (χ2n) is 6.08. The molecule has 1 unspecified atom stereocenters. The molecule has 0 aliphatic heterocycles. The predicted molar refractivity (Wildman–Crippen MR) is 95.5 cm³/mol. The van der Waals surface area contributed by atoms with Crippen LogP contribution in [0.1, 0.15) is 94.1 Å². The van der Waals surface area contributed by atoms with Gasteiger partial charge in [-0.2, -0.15) is 0 Å². The van der Waals surface area contributed by atoms with Gasteiger partial charge in [-0.3, -0.25) is 0 Å². The highest BCUT2D eigenvalue weighted by atomic mass is 35.5. The highest BCUT2D eigenvalue weighted by Crippen LogP contribution is 2.34. The molecule has 122 valence electrons. The lowest BCUT2D eigenvalue weighted by molar-refractivity contribution is 0.167. The minimum absolute atomic E-state index is 0.370. The zero-order valence-corrected chi connectivity index (χ0v) is 15.2. The van der Waals surface area contributed by atoms with Gasteiger partial charge in [0.2, 0.25) is 0 Å². The lowest BCUT2D eigenvalue weighted by Crippen LogP contribution is -1.95. The van der Waals surface area contributed by atoms with Crippen LogP contribution < -0.4 is 0 Å². The quantitative estimate of drug-likeness (QED) is 0.407. The molecule has 0 radical (unpaired) electrons. The van der Waals surface area contributed by atoms with Gasteiger partial charge in [0.15, 0.2) is 0 Å². The molecule has 1 aromatic heterocycles. The SMILES string of the molecule is CCCCCCCCCCCCC(O)c1scc(C)c1Cl. The maximum atomic E-state index is 10.2. The molecule has 0 fully saturated rings. The summed E-state index contributed by atoms with van der Waals surface area (Å²) < 4.78 is 0. The molecule has 0 spiro atoms. The highest BCUT2D eigenvalue weighted by Gasteiger charge is 2.14. The first-order valence-electron chi connectivity index (χ1n) is 8.58. The van der Waals surface area contributed by atoms with Crippen molar-refractivity contribution in [3.05, 3.63) is 20.8 Å². The van der Waals surface area contributed by atoms with Crippen molar-refractivity contribution in [2.45, 2.75) is 90.6 Å². The predicted octanol–water partition coefficient (Wildman–Crippen LogP) is 7.05. The third kappa shape index (κ3) is 7.67. The average Bonchev–Trinajstić information content (AvgIpc) is 2.81. The summed E-state index contributed by atoms with van der Waals surface area (Å²) in [5, 5.41) is 13.0. The van der Waals surface area contributed by atoms with Gasteiger partial charge in [-0.15, -0.1) is 11.3 Å². The molecule has 0 saturated heterocycles. The van der Waals surface area contributed by atoms with Gasteiger partial charge in [0.25, 0.3) is 0 Å². The van der Waals surface area contributed by atoms with Crippen LogP contribution in [0, 0.1) is 6.92 Å². The summed E-state index contributed by atoms with van der Waals surface area (Å²) in [6.45, 7) is 4.26. The Morgan fingerprint density at radius 3 is 2.00 bits per heavy atom. The number of unbranched alkanes of at least 4 members (excludes halogenated alkanes) is 9. The van der Waals surface area contributed by atoms with Crippen LogP contribution in [-0.2, 0) is 0 Å². The van der Waals surface area contributed by atoms with E-state index in [1.54, 1.807) is 11.3 Å². The van der Waals surface area contributed by atoms with E-state index in [0.717, 1.165) is 28.3 Å². The van der Waals surface area contributed by atoms with E-state index >= 15 is 0 Å². The molecular formula is C18H31ClOS. The topological polar surface area (TPSA) is 20.2 Å². The highest BCUT2D eigenvalue weighted by molar-refractivity contribution is 7.10. The van der Waals surface area contributed by atoms with Gasteiger partial charge in [0.05, 0.1) is 16.0 Å². The summed E-state index contributed by atoms with van der Waals surface area (Å²) >= 11 is 7.77. The van der Waals surface area contributed by atoms with Crippen LogP contribution >= 0.6 is 22.9 Å². The van der Waals surface area contributed by atoms with Crippen molar-refractivity contribution in [2.24, 2.45) is 0 Å². The van der Waals surface area contributed by atoms with Crippen molar-refractivity contribution in [1.29, 1.82) is 0 Å². The van der Waals surface area contributed by atoms with Crippen molar-refractivity contribution >= 4 is 22.9 Å². The molecule has 1 nitrogen and oxygen atoms in total. The van der Waals surface area contributed by atoms with Gasteiger partial charge >= 0.3 is 0 Å². The van der Waals surface area contributed by atoms with Crippen molar-refractivity contribution in [2.75, 3.05) is 0 Å². The maximum absolute atomic E-state index is 10.2. The molecule has 0 saturated carbocycles. The standard InChI is InChI=1S/C18H31ClOS/c1-3-4-5-6-7-8-9-10-11-12-13-16(20)18-17(19)15(2)14-21-18/h14,16,20H,3-13H2,1-2H3. The average molecular weight is 331 g/mol. The summed E-state index contributed by atoms with van der Waals surface area (Å²) in [7, 11) is 0. The van der Waals surface area contributed by atoms with E-state index in [0.29, 0.717) is 0 Å². The fourth-order valence-electron chi connectivity index (χ4n) is 2.63. The Labute approximate surface area is 139 Å². The smallest absolute Gasteiger partial charge is 0.0897 e. The minimum Gasteiger partial charge on any atom is -0.388 e. The molecule has 0 aliphatic rings. The monoisotopic (exact) mass is 330 g/mol. The summed E-state index contributed by atoms with van der Waals surface area (Å²) in [4.78, 5) is 0.949. The number of rotatable bonds is 12. The largest absolute Gasteiger partial charge is 0.388 e. The van der Waals surface area contributed by atoms with Crippen molar-refractivity contribution in [3.63, 3.8) is 0 Å². The van der Waals surface area contributed by atoms with E-state index in [1.807, 2.05) is 12.3 Å². The molecule has 3 heteroatoms. The Kier molecular flexibility index (Phi) is 10.4. The molecule has 1 heterocycles. The summed E-state index contributed by atoms with van der Waals surface area (Å²) in [5.41, 5.74) is 1.08. The van der Waals surface area contributed by atoms with E-state index in [1.165, 1.54) is 57.8 Å². The molecule has 1 N–H and O–H groups in total. The minimum atomic E-state index is -0.370. The van der Waals surface area contributed by atoms with Gasteiger partial charge in [-0.05, 0) is 24.3 Å². The van der Waals surface area contributed by atoms with Crippen LogP contribution in [0.2, 0.25) is 5.02 Å². The van der Waals surface area contributed by atoms with Crippen LogP contribution in [-0.4, -0.2) is 5.11 Å². The van der Waals surface area contributed by atoms with Crippen LogP contribution in [0.25, 0.3) is 0 Å². The number of aliphatic hydroxyl groups is 1. The van der Waals surface area contributed by atoms with Crippen LogP contribution in [0.4, 0.5) is 0 Å². The van der Waals surface area contributed by atoms with Gasteiger partial charge in [-0.1, -0.05) is 82.7 Å². The van der Waals surface area contributed by atoms with E-state index in [4.69, 9.17) is 11.6 Å². The third-order valence-corrected chi connectivity index (χ3v) is 5.87. The Morgan fingerprint density at radius 2 is 1.52 bits per heavy atom. The molecule has 0 aliphatic carbocycles. The number of halogens is 1. The van der Waals surface area contributed by atoms with Crippen molar-refractivity contribution in [3.8, 4) is 0 Å². The Hall–Kier alpha value is -0.0500. The second kappa shape index (κ2) is 11.5. The lowest BCUT2D eigenvalue weighted by Gasteiger charge is -2.09. The number of aliphatic hydroxyl groups excluding tert-OH is 1. The molecule has 21 heavy (non-hydrogen) atoms. The Bertz CT molecular complexity index is 375. The van der Waals surface area contributed by atoms with Gasteiger partial charge in [0.1, 0.15) is 0 Å². The van der Waals surface area contributed by atoms with Crippen molar-refractivity contribution < 1.29 is 5.11 Å². The first kappa shape index (κ1) is 19.0. The molecule has 0 amide bonds. The molecule has 1 atom stereocenters. The lowest BCUT2D eigenvalue weighted by atomic mass is 10.0. The molecule has 1 aromatic rings. The normalized spacial score (nSPS) is 12.8. The molecule has 1 rings (SSSR count). The summed E-state index contributed by atoms with van der Waals surface area (Å²) in [5.74, 6) is 0. The third-order valence-electron chi connectivity index (χ3n) is 4.06. The number of aryl methyl sites for hydroxylation is 1. The molecular weight excluding hydrogens is 300 g/mol. The number of hydrogen-bond acceptors (Lipinski definition) is 2. The zero-order valence-electron chi connectivity index (χ0n) is 13.7. The van der Waals surface area contributed by atoms with Crippen LogP contribution in [0.15, 0.2) is 5.38 Å². The first-order chi connectivity index (χ1) is 10.2. The van der Waals surface area contributed by atoms with E-state index in [2.05, 4.69) is 6.92 Å². The number of hydrogen-bond donors (Lipinski definition) is 1. The fourth-order valence-corrected chi connectivity index (χ4v) is 3.97.